The van der Waals surface area contributed by atoms with Crippen molar-refractivity contribution in [2.24, 2.45) is 5.73 Å². The van der Waals surface area contributed by atoms with Crippen molar-refractivity contribution in [3.8, 4) is 0 Å². The number of likely N-dealkylation sites (tertiary alicyclic amines) is 1. The molecule has 1 aliphatic heterocycles. The Balaban J connectivity index is 1.75. The quantitative estimate of drug-likeness (QED) is 0.819. The number of piperidine rings is 1. The van der Waals surface area contributed by atoms with Crippen LogP contribution in [0, 0.1) is 0 Å². The maximum atomic E-state index is 11.7. The number of nitrogens with zero attached hydrogens (tertiary/aromatic N) is 1. The lowest BCUT2D eigenvalue weighted by molar-refractivity contribution is -0.119. The van der Waals surface area contributed by atoms with Crippen molar-refractivity contribution in [1.82, 2.24) is 4.90 Å². The number of Topliss-reactive ketones (excluding diaryl/α,β-unsaturated/α-hetero) is 1. The number of rotatable bonds is 4. The molecule has 0 aliphatic carbocycles. The van der Waals surface area contributed by atoms with Gasteiger partial charge in [-0.05, 0) is 24.5 Å². The maximum Gasteiger partial charge on any atom is 0.151 e. The number of ketones is 1. The smallest absolute Gasteiger partial charge is 0.151 e. The molecule has 0 atom stereocenters. The van der Waals surface area contributed by atoms with Gasteiger partial charge in [0.05, 0.1) is 19.1 Å². The zero-order chi connectivity index (χ0) is 11.4. The molecule has 0 aromatic carbocycles. The molecule has 2 heterocycles. The lowest BCUT2D eigenvalue weighted by Crippen LogP contribution is -2.42. The first-order valence-electron chi connectivity index (χ1n) is 5.75. The van der Waals surface area contributed by atoms with Crippen molar-refractivity contribution >= 4 is 5.78 Å². The molecule has 2 rings (SSSR count). The van der Waals surface area contributed by atoms with Crippen LogP contribution in [0.1, 0.15) is 18.4 Å². The molecule has 0 amide bonds. The molecule has 0 unspecified atom stereocenters. The van der Waals surface area contributed by atoms with Crippen molar-refractivity contribution in [2.45, 2.75) is 25.3 Å². The molecule has 88 valence electrons. The third-order valence-electron chi connectivity index (χ3n) is 3.01. The first-order valence-corrected chi connectivity index (χ1v) is 5.75. The summed E-state index contributed by atoms with van der Waals surface area (Å²) in [6, 6.07) is 2.16. The van der Waals surface area contributed by atoms with Crippen molar-refractivity contribution < 1.29 is 9.21 Å². The molecular weight excluding hydrogens is 204 g/mol. The molecule has 0 saturated carbocycles. The Morgan fingerprint density at radius 1 is 1.50 bits per heavy atom. The molecule has 2 N–H and O–H groups in total. The van der Waals surface area contributed by atoms with Gasteiger partial charge in [-0.3, -0.25) is 9.69 Å². The number of carbonyl (C=O) groups is 1. The minimum absolute atomic E-state index is 0.247. The normalized spacial score (nSPS) is 18.8. The summed E-state index contributed by atoms with van der Waals surface area (Å²) in [5, 5.41) is 0. The van der Waals surface area contributed by atoms with Crippen LogP contribution in [0.4, 0.5) is 0 Å². The Labute approximate surface area is 95.4 Å². The van der Waals surface area contributed by atoms with E-state index in [4.69, 9.17) is 10.2 Å². The highest BCUT2D eigenvalue weighted by Gasteiger charge is 2.18. The fourth-order valence-corrected chi connectivity index (χ4v) is 2.04. The van der Waals surface area contributed by atoms with Crippen LogP contribution >= 0.6 is 0 Å². The van der Waals surface area contributed by atoms with Gasteiger partial charge in [0, 0.05) is 25.6 Å². The van der Waals surface area contributed by atoms with E-state index in [2.05, 4.69) is 4.90 Å². The van der Waals surface area contributed by atoms with E-state index in [-0.39, 0.29) is 5.78 Å². The van der Waals surface area contributed by atoms with Crippen LogP contribution in [0.2, 0.25) is 0 Å². The number of nitrogens with two attached hydrogens (primary N) is 1. The van der Waals surface area contributed by atoms with Gasteiger partial charge in [0.15, 0.2) is 5.78 Å². The summed E-state index contributed by atoms with van der Waals surface area (Å²) < 4.78 is 4.94. The summed E-state index contributed by atoms with van der Waals surface area (Å²) in [6.07, 6.45) is 5.70. The maximum absolute atomic E-state index is 11.7. The van der Waals surface area contributed by atoms with Gasteiger partial charge in [0.25, 0.3) is 0 Å². The number of hydrogen-bond donors (Lipinski definition) is 1. The van der Waals surface area contributed by atoms with E-state index >= 15 is 0 Å². The van der Waals surface area contributed by atoms with E-state index in [1.165, 1.54) is 0 Å². The largest absolute Gasteiger partial charge is 0.472 e. The topological polar surface area (TPSA) is 59.5 Å². The predicted octanol–water partition coefficient (Wildman–Crippen LogP) is 0.814. The average molecular weight is 222 g/mol. The fourth-order valence-electron chi connectivity index (χ4n) is 2.04. The molecule has 1 aliphatic rings. The van der Waals surface area contributed by atoms with E-state index in [1.807, 2.05) is 6.07 Å². The fraction of sp³-hybridized carbons (Fsp3) is 0.583. The van der Waals surface area contributed by atoms with Gasteiger partial charge in [-0.2, -0.15) is 0 Å². The number of carbonyl (C=O) groups excluding carboxylic acids is 1. The van der Waals surface area contributed by atoms with Gasteiger partial charge in [0.1, 0.15) is 0 Å². The second kappa shape index (κ2) is 5.27. The van der Waals surface area contributed by atoms with E-state index in [9.17, 15) is 4.79 Å². The first kappa shape index (κ1) is 11.4. The molecular formula is C12H18N2O2. The van der Waals surface area contributed by atoms with Crippen LogP contribution in [0.25, 0.3) is 0 Å². The molecule has 16 heavy (non-hydrogen) atoms. The second-order valence-corrected chi connectivity index (χ2v) is 4.46. The van der Waals surface area contributed by atoms with E-state index in [0.717, 1.165) is 31.5 Å². The standard InChI is InChI=1S/C12H18N2O2/c13-11-1-4-14(5-2-11)8-12(15)7-10-3-6-16-9-10/h3,6,9,11H,1-2,4-5,7-8,13H2. The zero-order valence-corrected chi connectivity index (χ0v) is 9.39. The number of furan rings is 1. The molecule has 4 nitrogen and oxygen atoms in total. The summed E-state index contributed by atoms with van der Waals surface area (Å²) >= 11 is 0. The minimum atomic E-state index is 0.247. The Morgan fingerprint density at radius 2 is 2.25 bits per heavy atom. The van der Waals surface area contributed by atoms with Crippen LogP contribution in [-0.4, -0.2) is 36.4 Å². The van der Waals surface area contributed by atoms with Crippen LogP contribution in [0.3, 0.4) is 0 Å². The van der Waals surface area contributed by atoms with E-state index < -0.39 is 0 Å². The molecule has 0 radical (unpaired) electrons. The zero-order valence-electron chi connectivity index (χ0n) is 9.39. The molecule has 1 aromatic heterocycles. The van der Waals surface area contributed by atoms with Gasteiger partial charge < -0.3 is 10.2 Å². The van der Waals surface area contributed by atoms with Crippen molar-refractivity contribution in [3.63, 3.8) is 0 Å². The van der Waals surface area contributed by atoms with Crippen molar-refractivity contribution in [2.75, 3.05) is 19.6 Å². The Bertz CT molecular complexity index is 327. The third kappa shape index (κ3) is 3.18. The van der Waals surface area contributed by atoms with Gasteiger partial charge in [-0.15, -0.1) is 0 Å². The summed E-state index contributed by atoms with van der Waals surface area (Å²) in [5.74, 6) is 0.247. The second-order valence-electron chi connectivity index (χ2n) is 4.46. The van der Waals surface area contributed by atoms with Crippen LogP contribution < -0.4 is 5.73 Å². The van der Waals surface area contributed by atoms with Gasteiger partial charge in [0.2, 0.25) is 0 Å². The molecule has 4 heteroatoms. The van der Waals surface area contributed by atoms with E-state index in [0.29, 0.717) is 19.0 Å². The molecule has 1 fully saturated rings. The van der Waals surface area contributed by atoms with Crippen molar-refractivity contribution in [1.29, 1.82) is 0 Å². The van der Waals surface area contributed by atoms with Gasteiger partial charge >= 0.3 is 0 Å². The summed E-state index contributed by atoms with van der Waals surface area (Å²) in [7, 11) is 0. The SMILES string of the molecule is NC1CCN(CC(=O)Cc2ccoc2)CC1. The van der Waals surface area contributed by atoms with Gasteiger partial charge in [-0.1, -0.05) is 0 Å². The molecule has 0 spiro atoms. The highest BCUT2D eigenvalue weighted by molar-refractivity contribution is 5.82. The average Bonchev–Trinajstić information content (AvgIpc) is 2.74. The monoisotopic (exact) mass is 222 g/mol. The first-order chi connectivity index (χ1) is 7.74. The predicted molar refractivity (Wildman–Crippen MR) is 61.1 cm³/mol. The molecule has 1 saturated heterocycles. The molecule has 0 bridgehead atoms. The van der Waals surface area contributed by atoms with Gasteiger partial charge in [-0.25, -0.2) is 0 Å². The molecule has 1 aromatic rings. The number of hydrogen-bond acceptors (Lipinski definition) is 4. The summed E-state index contributed by atoms with van der Waals surface area (Å²) in [6.45, 7) is 2.43. The van der Waals surface area contributed by atoms with Crippen LogP contribution in [0.15, 0.2) is 23.0 Å². The van der Waals surface area contributed by atoms with Crippen LogP contribution in [0.5, 0.6) is 0 Å². The Morgan fingerprint density at radius 3 is 2.88 bits per heavy atom. The lowest BCUT2D eigenvalue weighted by Gasteiger charge is -2.29. The van der Waals surface area contributed by atoms with Crippen LogP contribution in [-0.2, 0) is 11.2 Å². The summed E-state index contributed by atoms with van der Waals surface area (Å²) in [4.78, 5) is 13.9. The Kier molecular flexibility index (Phi) is 3.74. The Hall–Kier alpha value is -1.13. The highest BCUT2D eigenvalue weighted by atomic mass is 16.3. The highest BCUT2D eigenvalue weighted by Crippen LogP contribution is 2.09. The van der Waals surface area contributed by atoms with E-state index in [1.54, 1.807) is 12.5 Å². The summed E-state index contributed by atoms with van der Waals surface area (Å²) in [5.41, 5.74) is 6.77. The lowest BCUT2D eigenvalue weighted by atomic mass is 10.1. The third-order valence-corrected chi connectivity index (χ3v) is 3.01. The minimum Gasteiger partial charge on any atom is -0.472 e. The van der Waals surface area contributed by atoms with Crippen molar-refractivity contribution in [3.05, 3.63) is 24.2 Å².